The lowest BCUT2D eigenvalue weighted by atomic mass is 9.23. The Hall–Kier alpha value is -2.21. The molecule has 2 aromatic carbocycles. The van der Waals surface area contributed by atoms with Crippen molar-refractivity contribution in [1.29, 1.82) is 0 Å². The summed E-state index contributed by atoms with van der Waals surface area (Å²) < 4.78 is 18.9. The minimum atomic E-state index is -2.20. The number of rotatable bonds is 5. The van der Waals surface area contributed by atoms with E-state index in [0.29, 0.717) is 26.1 Å². The number of nitrogens with zero attached hydrogens (tertiary/aromatic N) is 2. The number of piperidine rings is 1. The second-order valence-electron chi connectivity index (χ2n) is 9.37. The number of benzene rings is 2. The minimum Gasteiger partial charge on any atom is -0.508 e. The molecule has 1 N–H and O–H groups in total. The molecule has 0 aliphatic carbocycles. The van der Waals surface area contributed by atoms with Gasteiger partial charge >= 0.3 is 0 Å². The molecule has 1 fully saturated rings. The second-order valence-corrected chi connectivity index (χ2v) is 9.37. The first-order chi connectivity index (χ1) is 15.9. The molecule has 12 heteroatoms. The summed E-state index contributed by atoms with van der Waals surface area (Å²) in [5.41, 5.74) is 2.91. The van der Waals surface area contributed by atoms with Crippen LogP contribution in [-0.4, -0.2) is 94.3 Å². The molecule has 34 heavy (non-hydrogen) atoms. The third kappa shape index (κ3) is 3.52. The van der Waals surface area contributed by atoms with Crippen molar-refractivity contribution in [2.24, 2.45) is 0 Å². The van der Waals surface area contributed by atoms with Crippen molar-refractivity contribution in [3.05, 3.63) is 53.8 Å². The number of carbonyl (C=O) groups excluding carboxylic acids is 1. The summed E-state index contributed by atoms with van der Waals surface area (Å²) in [6.45, 7) is 1.15. The molecule has 158 valence electrons. The molecule has 0 aromatic heterocycles. The minimum absolute atomic E-state index is 0.0154. The van der Waals surface area contributed by atoms with Crippen molar-refractivity contribution in [2.45, 2.75) is 34.3 Å². The van der Waals surface area contributed by atoms with Gasteiger partial charge in [0, 0.05) is 23.9 Å². The molecule has 2 aromatic rings. The number of amides is 1. The van der Waals surface area contributed by atoms with Crippen LogP contribution < -0.4 is 15.0 Å². The van der Waals surface area contributed by atoms with E-state index in [9.17, 15) is 9.18 Å². The van der Waals surface area contributed by atoms with E-state index in [2.05, 4.69) is 10.2 Å². The van der Waals surface area contributed by atoms with E-state index in [1.165, 1.54) is 24.3 Å². The number of anilines is 2. The highest BCUT2D eigenvalue weighted by atomic mass is 19.1. The van der Waals surface area contributed by atoms with E-state index in [-0.39, 0.29) is 23.6 Å². The van der Waals surface area contributed by atoms with Crippen molar-refractivity contribution >= 4 is 64.4 Å². The summed E-state index contributed by atoms with van der Waals surface area (Å²) in [6, 6.07) is 11.0. The normalized spacial score (nSPS) is 22.6. The van der Waals surface area contributed by atoms with Gasteiger partial charge in [-0.3, -0.25) is 4.79 Å². The summed E-state index contributed by atoms with van der Waals surface area (Å²) in [5.74, 6) is -0.327. The molecule has 2 atom stereocenters. The maximum atomic E-state index is 13.3. The standard InChI is InChI=1S/C22H18B6FN3O2/c23-20(24,22(27,28)34-13-6-4-12(29)5-7-13)21(25,26)31-9-8-17-15(10-31)14-2-1-3-16-19(14)32(17)11-18(33)30-16/h1-7,15,17H,8-11H2,(H,30,33)/t15-,17-/m0/s1. The van der Waals surface area contributed by atoms with E-state index in [1.54, 1.807) is 4.90 Å². The van der Waals surface area contributed by atoms with Gasteiger partial charge in [-0.2, -0.15) is 0 Å². The molecule has 5 nitrogen and oxygen atoms in total. The first kappa shape index (κ1) is 23.5. The molecule has 3 aliphatic heterocycles. The third-order valence-electron chi connectivity index (χ3n) is 7.25. The predicted molar refractivity (Wildman–Crippen MR) is 135 cm³/mol. The zero-order chi connectivity index (χ0) is 24.5. The summed E-state index contributed by atoms with van der Waals surface area (Å²) in [5, 5.41) is -3.26. The van der Waals surface area contributed by atoms with Gasteiger partial charge in [-0.05, 0) is 48.9 Å². The van der Waals surface area contributed by atoms with E-state index < -0.39 is 21.8 Å². The molecule has 3 heterocycles. The molecule has 12 radical (unpaired) electrons. The molecule has 1 amide bonds. The van der Waals surface area contributed by atoms with Gasteiger partial charge in [-0.1, -0.05) is 22.7 Å². The first-order valence-corrected chi connectivity index (χ1v) is 11.0. The van der Waals surface area contributed by atoms with Crippen molar-refractivity contribution in [2.75, 3.05) is 29.9 Å². The third-order valence-corrected chi connectivity index (χ3v) is 7.25. The van der Waals surface area contributed by atoms with Gasteiger partial charge < -0.3 is 19.9 Å². The molecule has 5 rings (SSSR count). The Morgan fingerprint density at radius 1 is 1.03 bits per heavy atom. The summed E-state index contributed by atoms with van der Waals surface area (Å²) >= 11 is 0. The molecular formula is C22H18B6FN3O2. The average Bonchev–Trinajstić information content (AvgIpc) is 3.09. The Kier molecular flexibility index (Phi) is 5.47. The number of likely N-dealkylation sites (tertiary alicyclic amines) is 1. The lowest BCUT2D eigenvalue weighted by molar-refractivity contribution is -0.115. The molecule has 0 unspecified atom stereocenters. The Labute approximate surface area is 207 Å². The fourth-order valence-electron chi connectivity index (χ4n) is 5.30. The highest BCUT2D eigenvalue weighted by Crippen LogP contribution is 2.51. The number of hydrogen-bond acceptors (Lipinski definition) is 4. The SMILES string of the molecule is [B]C([B])(Oc1ccc(F)cc1)C([B])([B])C([B])([B])N1CC[C@H]2[C@@H](C1)c1cccc3c1N2CC(=O)N3. The zero-order valence-electron chi connectivity index (χ0n) is 18.6. The van der Waals surface area contributed by atoms with Gasteiger partial charge in [-0.25, -0.2) is 4.39 Å². The Balaban J connectivity index is 1.41. The average molecular weight is 440 g/mol. The van der Waals surface area contributed by atoms with Gasteiger partial charge in [0.05, 0.1) is 49.3 Å². The molecule has 0 spiro atoms. The number of carbonyl (C=O) groups is 1. The Bertz CT molecular complexity index is 1130. The Morgan fingerprint density at radius 2 is 1.74 bits per heavy atom. The van der Waals surface area contributed by atoms with E-state index in [0.717, 1.165) is 16.9 Å². The largest absolute Gasteiger partial charge is 0.508 e. The molecular weight excluding hydrogens is 422 g/mol. The van der Waals surface area contributed by atoms with Gasteiger partial charge in [0.2, 0.25) is 5.91 Å². The summed E-state index contributed by atoms with van der Waals surface area (Å²) in [4.78, 5) is 16.1. The van der Waals surface area contributed by atoms with Crippen molar-refractivity contribution in [3.63, 3.8) is 0 Å². The van der Waals surface area contributed by atoms with Crippen LogP contribution in [-0.2, 0) is 4.79 Å². The lowest BCUT2D eigenvalue weighted by Gasteiger charge is -2.61. The van der Waals surface area contributed by atoms with Gasteiger partial charge in [0.1, 0.15) is 27.3 Å². The van der Waals surface area contributed by atoms with Crippen LogP contribution >= 0.6 is 0 Å². The van der Waals surface area contributed by atoms with Crippen LogP contribution in [0.3, 0.4) is 0 Å². The zero-order valence-corrected chi connectivity index (χ0v) is 18.6. The second kappa shape index (κ2) is 7.91. The monoisotopic (exact) mass is 441 g/mol. The molecule has 3 aliphatic rings. The van der Waals surface area contributed by atoms with E-state index in [1.807, 2.05) is 18.2 Å². The van der Waals surface area contributed by atoms with Crippen LogP contribution in [0, 0.1) is 5.82 Å². The van der Waals surface area contributed by atoms with Crippen LogP contribution in [0.4, 0.5) is 15.8 Å². The van der Waals surface area contributed by atoms with Crippen molar-refractivity contribution in [3.8, 4) is 5.75 Å². The van der Waals surface area contributed by atoms with Crippen molar-refractivity contribution in [1.82, 2.24) is 4.90 Å². The van der Waals surface area contributed by atoms with Gasteiger partial charge in [0.25, 0.3) is 0 Å². The fourth-order valence-corrected chi connectivity index (χ4v) is 5.30. The Morgan fingerprint density at radius 3 is 2.44 bits per heavy atom. The predicted octanol–water partition coefficient (Wildman–Crippen LogP) is 0.269. The highest BCUT2D eigenvalue weighted by Gasteiger charge is 2.53. The molecule has 0 bridgehead atoms. The number of halogens is 1. The smallest absolute Gasteiger partial charge is 0.243 e. The number of para-hydroxylation sites is 1. The lowest BCUT2D eigenvalue weighted by Crippen LogP contribution is -2.70. The molecule has 1 saturated heterocycles. The van der Waals surface area contributed by atoms with Crippen LogP contribution in [0.5, 0.6) is 5.75 Å². The highest BCUT2D eigenvalue weighted by molar-refractivity contribution is 6.61. The quantitative estimate of drug-likeness (QED) is 0.679. The van der Waals surface area contributed by atoms with Gasteiger partial charge in [0.15, 0.2) is 0 Å². The van der Waals surface area contributed by atoms with Crippen LogP contribution in [0.15, 0.2) is 42.5 Å². The van der Waals surface area contributed by atoms with Crippen LogP contribution in [0.25, 0.3) is 0 Å². The summed E-state index contributed by atoms with van der Waals surface area (Å²) in [7, 11) is 38.3. The van der Waals surface area contributed by atoms with Crippen LogP contribution in [0.1, 0.15) is 17.9 Å². The first-order valence-electron chi connectivity index (χ1n) is 11.0. The topological polar surface area (TPSA) is 44.8 Å². The number of nitrogens with one attached hydrogen (secondary N) is 1. The van der Waals surface area contributed by atoms with Gasteiger partial charge in [-0.15, -0.1) is 0 Å². The number of hydrogen-bond donors (Lipinski definition) is 1. The number of ether oxygens (including phenoxy) is 1. The number of fused-ring (bicyclic) bond motifs is 3. The van der Waals surface area contributed by atoms with Crippen molar-refractivity contribution < 1.29 is 13.9 Å². The maximum Gasteiger partial charge on any atom is 0.243 e. The molecule has 0 saturated carbocycles. The maximum absolute atomic E-state index is 13.3. The van der Waals surface area contributed by atoms with Crippen LogP contribution in [0.2, 0.25) is 5.21 Å². The fraction of sp³-hybridized carbons (Fsp3) is 0.409. The summed E-state index contributed by atoms with van der Waals surface area (Å²) in [6.07, 6.45) is 0.666. The van der Waals surface area contributed by atoms with E-state index >= 15 is 0 Å². The van der Waals surface area contributed by atoms with E-state index in [4.69, 9.17) is 51.8 Å².